The second kappa shape index (κ2) is 7.36. The molecule has 3 rings (SSSR count). The van der Waals surface area contributed by atoms with Crippen LogP contribution < -0.4 is 10.0 Å². The molecule has 10 nitrogen and oxygen atoms in total. The Bertz CT molecular complexity index is 914. The van der Waals surface area contributed by atoms with E-state index in [9.17, 15) is 21.6 Å². The number of carbonyl (C=O) groups is 1. The fraction of sp³-hybridized carbons (Fsp3) is 0.533. The minimum Gasteiger partial charge on any atom is -0.378 e. The van der Waals surface area contributed by atoms with Crippen LogP contribution in [0.2, 0.25) is 0 Å². The first-order chi connectivity index (χ1) is 12.6. The molecule has 1 aromatic rings. The van der Waals surface area contributed by atoms with Gasteiger partial charge in [-0.3, -0.25) is 9.52 Å². The maximum Gasteiger partial charge on any atom is 0.301 e. The third-order valence-electron chi connectivity index (χ3n) is 4.42. The Morgan fingerprint density at radius 2 is 1.78 bits per heavy atom. The molecule has 2 bridgehead atoms. The van der Waals surface area contributed by atoms with Gasteiger partial charge in [0.1, 0.15) is 0 Å². The lowest BCUT2D eigenvalue weighted by molar-refractivity contribution is -0.125. The Kier molecular flexibility index (Phi) is 5.45. The van der Waals surface area contributed by atoms with Gasteiger partial charge in [-0.2, -0.15) is 17.0 Å². The number of amides is 1. The molecule has 2 aliphatic rings. The van der Waals surface area contributed by atoms with Gasteiger partial charge in [-0.1, -0.05) is 0 Å². The largest absolute Gasteiger partial charge is 0.378 e. The normalized spacial score (nSPS) is 24.3. The second-order valence-electron chi connectivity index (χ2n) is 6.68. The topological polar surface area (TPSA) is 125 Å². The van der Waals surface area contributed by atoms with Crippen molar-refractivity contribution in [2.24, 2.45) is 5.92 Å². The van der Waals surface area contributed by atoms with Crippen molar-refractivity contribution in [3.8, 4) is 0 Å². The minimum absolute atomic E-state index is 0.0311. The van der Waals surface area contributed by atoms with Crippen molar-refractivity contribution in [2.75, 3.05) is 45.1 Å². The quantitative estimate of drug-likeness (QED) is 0.635. The molecule has 2 heterocycles. The van der Waals surface area contributed by atoms with Crippen LogP contribution in [0.25, 0.3) is 0 Å². The van der Waals surface area contributed by atoms with Crippen LogP contribution in [0.1, 0.15) is 0 Å². The van der Waals surface area contributed by atoms with E-state index in [-0.39, 0.29) is 42.8 Å². The van der Waals surface area contributed by atoms with E-state index in [4.69, 9.17) is 4.74 Å². The SMILES string of the molecule is CN(C)S(=O)(=O)Nc1ccc(S(=O)(=O)N2C[C@H]3COC[C@@H](C2)C(=O)N3)cc1. The highest BCUT2D eigenvalue weighted by Crippen LogP contribution is 2.23. The van der Waals surface area contributed by atoms with Crippen molar-refractivity contribution in [3.63, 3.8) is 0 Å². The molecule has 1 aromatic carbocycles. The van der Waals surface area contributed by atoms with Gasteiger partial charge in [-0.05, 0) is 24.3 Å². The van der Waals surface area contributed by atoms with E-state index in [2.05, 4.69) is 10.0 Å². The molecule has 0 aromatic heterocycles. The third kappa shape index (κ3) is 4.24. The summed E-state index contributed by atoms with van der Waals surface area (Å²) in [5.74, 6) is -0.762. The summed E-state index contributed by atoms with van der Waals surface area (Å²) in [4.78, 5) is 12.1. The summed E-state index contributed by atoms with van der Waals surface area (Å²) >= 11 is 0. The summed E-state index contributed by atoms with van der Waals surface area (Å²) in [5, 5.41) is 2.79. The number of benzene rings is 1. The van der Waals surface area contributed by atoms with Gasteiger partial charge < -0.3 is 10.1 Å². The molecule has 0 unspecified atom stereocenters. The van der Waals surface area contributed by atoms with E-state index in [0.29, 0.717) is 0 Å². The summed E-state index contributed by atoms with van der Waals surface area (Å²) in [7, 11) is -4.74. The molecule has 0 radical (unpaired) electrons. The van der Waals surface area contributed by atoms with Gasteiger partial charge in [-0.25, -0.2) is 8.42 Å². The summed E-state index contributed by atoms with van der Waals surface area (Å²) < 4.78 is 59.7. The molecule has 1 amide bonds. The van der Waals surface area contributed by atoms with Crippen LogP contribution in [0.15, 0.2) is 29.2 Å². The van der Waals surface area contributed by atoms with Crippen LogP contribution in [0.4, 0.5) is 5.69 Å². The number of ether oxygens (including phenoxy) is 1. The number of fused-ring (bicyclic) bond motifs is 3. The van der Waals surface area contributed by atoms with Gasteiger partial charge in [-0.15, -0.1) is 0 Å². The van der Waals surface area contributed by atoms with Crippen molar-refractivity contribution < 1.29 is 26.4 Å². The molecular weight excluding hydrogens is 396 g/mol. The summed E-state index contributed by atoms with van der Waals surface area (Å²) in [5.41, 5.74) is 0.251. The average molecular weight is 418 g/mol. The fourth-order valence-corrected chi connectivity index (χ4v) is 5.02. The van der Waals surface area contributed by atoms with E-state index in [1.54, 1.807) is 0 Å². The van der Waals surface area contributed by atoms with Crippen LogP contribution in [0.3, 0.4) is 0 Å². The van der Waals surface area contributed by atoms with Gasteiger partial charge in [0.15, 0.2) is 0 Å². The van der Waals surface area contributed by atoms with Crippen LogP contribution >= 0.6 is 0 Å². The molecule has 2 aliphatic heterocycles. The molecule has 2 N–H and O–H groups in total. The highest BCUT2D eigenvalue weighted by molar-refractivity contribution is 7.90. The van der Waals surface area contributed by atoms with Gasteiger partial charge in [0.05, 0.1) is 30.1 Å². The third-order valence-corrected chi connectivity index (χ3v) is 7.72. The zero-order valence-electron chi connectivity index (χ0n) is 15.0. The zero-order valence-corrected chi connectivity index (χ0v) is 16.6. The number of anilines is 1. The highest BCUT2D eigenvalue weighted by atomic mass is 32.2. The van der Waals surface area contributed by atoms with Crippen molar-refractivity contribution in [1.29, 1.82) is 0 Å². The minimum atomic E-state index is -3.83. The number of nitrogens with zero attached hydrogens (tertiary/aromatic N) is 2. The van der Waals surface area contributed by atoms with E-state index in [1.807, 2.05) is 0 Å². The fourth-order valence-electron chi connectivity index (χ4n) is 2.87. The molecule has 27 heavy (non-hydrogen) atoms. The number of hydrogen-bond acceptors (Lipinski definition) is 6. The second-order valence-corrected chi connectivity index (χ2v) is 10.5. The van der Waals surface area contributed by atoms with Crippen LogP contribution in [-0.4, -0.2) is 77.8 Å². The van der Waals surface area contributed by atoms with Gasteiger partial charge in [0.2, 0.25) is 15.9 Å². The molecule has 2 atom stereocenters. The van der Waals surface area contributed by atoms with Crippen molar-refractivity contribution in [3.05, 3.63) is 24.3 Å². The standard InChI is InChI=1S/C15H22N4O6S2/c1-18(2)27(23,24)17-12-3-5-14(6-4-12)26(21,22)19-7-11-9-25-10-13(8-19)16-15(11)20/h3-6,11,13,17H,7-10H2,1-2H3,(H,16,20)/t11-,13+/m1/s1. The summed E-state index contributed by atoms with van der Waals surface area (Å²) in [6, 6.07) is 5.06. The number of nitrogens with one attached hydrogen (secondary N) is 2. The monoisotopic (exact) mass is 418 g/mol. The van der Waals surface area contributed by atoms with Crippen molar-refractivity contribution >= 4 is 31.8 Å². The Labute approximate surface area is 158 Å². The lowest BCUT2D eigenvalue weighted by atomic mass is 10.1. The van der Waals surface area contributed by atoms with Crippen LogP contribution in [0.5, 0.6) is 0 Å². The summed E-state index contributed by atoms with van der Waals surface area (Å²) in [6.07, 6.45) is 0. The van der Waals surface area contributed by atoms with Gasteiger partial charge in [0, 0.05) is 32.9 Å². The van der Waals surface area contributed by atoms with E-state index in [1.165, 1.54) is 42.7 Å². The molecule has 0 saturated carbocycles. The van der Waals surface area contributed by atoms with E-state index >= 15 is 0 Å². The summed E-state index contributed by atoms with van der Waals surface area (Å²) in [6.45, 7) is 0.610. The molecule has 2 saturated heterocycles. The molecule has 12 heteroatoms. The van der Waals surface area contributed by atoms with Crippen LogP contribution in [0, 0.1) is 5.92 Å². The lowest BCUT2D eigenvalue weighted by Gasteiger charge is -2.27. The van der Waals surface area contributed by atoms with Gasteiger partial charge in [0.25, 0.3) is 0 Å². The Hall–Kier alpha value is -1.73. The van der Waals surface area contributed by atoms with E-state index < -0.39 is 32.2 Å². The first kappa shape index (κ1) is 20.0. The molecule has 2 fully saturated rings. The average Bonchev–Trinajstić information content (AvgIpc) is 2.83. The molecule has 150 valence electrons. The number of rotatable bonds is 5. The molecule has 0 aliphatic carbocycles. The van der Waals surface area contributed by atoms with Crippen LogP contribution in [-0.2, 0) is 29.8 Å². The zero-order chi connectivity index (χ0) is 19.8. The maximum absolute atomic E-state index is 13.0. The Morgan fingerprint density at radius 3 is 2.41 bits per heavy atom. The first-order valence-electron chi connectivity index (χ1n) is 8.28. The number of carbonyl (C=O) groups excluding carboxylic acids is 1. The Balaban J connectivity index is 1.82. The van der Waals surface area contributed by atoms with Crippen molar-refractivity contribution in [2.45, 2.75) is 10.9 Å². The number of hydrogen-bond donors (Lipinski definition) is 2. The van der Waals surface area contributed by atoms with Crippen molar-refractivity contribution in [1.82, 2.24) is 13.9 Å². The predicted octanol–water partition coefficient (Wildman–Crippen LogP) is -0.960. The van der Waals surface area contributed by atoms with Gasteiger partial charge >= 0.3 is 10.2 Å². The van der Waals surface area contributed by atoms with E-state index in [0.717, 1.165) is 4.31 Å². The highest BCUT2D eigenvalue weighted by Gasteiger charge is 2.38. The number of sulfonamides is 1. The first-order valence-corrected chi connectivity index (χ1v) is 11.2. The lowest BCUT2D eigenvalue weighted by Crippen LogP contribution is -2.44. The molecule has 0 spiro atoms. The Morgan fingerprint density at radius 1 is 1.11 bits per heavy atom. The molecular formula is C15H22N4O6S2. The predicted molar refractivity (Wildman–Crippen MR) is 97.7 cm³/mol. The smallest absolute Gasteiger partial charge is 0.301 e. The maximum atomic E-state index is 13.0.